The summed E-state index contributed by atoms with van der Waals surface area (Å²) in [5.74, 6) is -0.269. The fourth-order valence-electron chi connectivity index (χ4n) is 2.06. The van der Waals surface area contributed by atoms with Crippen molar-refractivity contribution in [2.45, 2.75) is 24.3 Å². The predicted octanol–water partition coefficient (Wildman–Crippen LogP) is 2.28. The number of benzene rings is 1. The Morgan fingerprint density at radius 3 is 2.58 bits per heavy atom. The number of amides is 1. The summed E-state index contributed by atoms with van der Waals surface area (Å²) in [4.78, 5) is 16.1. The second-order valence-electron chi connectivity index (χ2n) is 5.12. The minimum Gasteiger partial charge on any atom is -0.348 e. The Kier molecular flexibility index (Phi) is 6.30. The van der Waals surface area contributed by atoms with Crippen LogP contribution in [0.5, 0.6) is 0 Å². The fourth-order valence-corrected chi connectivity index (χ4v) is 3.61. The van der Waals surface area contributed by atoms with Crippen LogP contribution >= 0.6 is 11.6 Å². The van der Waals surface area contributed by atoms with E-state index in [1.807, 2.05) is 19.1 Å². The Balaban J connectivity index is 1.85. The van der Waals surface area contributed by atoms with Crippen molar-refractivity contribution in [2.24, 2.45) is 0 Å². The van der Waals surface area contributed by atoms with E-state index in [1.165, 1.54) is 12.1 Å². The number of sulfonamides is 1. The minimum atomic E-state index is -3.74. The molecule has 1 aromatic heterocycles. The van der Waals surface area contributed by atoms with Crippen LogP contribution in [0.2, 0.25) is 5.02 Å². The molecule has 1 atom stereocenters. The highest BCUT2D eigenvalue weighted by molar-refractivity contribution is 7.89. The Morgan fingerprint density at radius 1 is 1.21 bits per heavy atom. The maximum absolute atomic E-state index is 12.1. The molecule has 0 aliphatic carbocycles. The number of hydrogen-bond donors (Lipinski definition) is 2. The Labute approximate surface area is 146 Å². The van der Waals surface area contributed by atoms with Crippen molar-refractivity contribution in [2.75, 3.05) is 6.54 Å². The number of halogens is 1. The van der Waals surface area contributed by atoms with Gasteiger partial charge in [-0.05, 0) is 31.2 Å². The van der Waals surface area contributed by atoms with Gasteiger partial charge in [-0.1, -0.05) is 29.8 Å². The average molecular weight is 368 g/mol. The van der Waals surface area contributed by atoms with Crippen LogP contribution in [0.3, 0.4) is 0 Å². The van der Waals surface area contributed by atoms with Crippen molar-refractivity contribution in [1.29, 1.82) is 0 Å². The maximum Gasteiger partial charge on any atom is 0.242 e. The van der Waals surface area contributed by atoms with Gasteiger partial charge in [-0.2, -0.15) is 0 Å². The molecule has 2 aromatic rings. The topological polar surface area (TPSA) is 88.2 Å². The zero-order valence-corrected chi connectivity index (χ0v) is 14.6. The minimum absolute atomic E-state index is 0.00562. The van der Waals surface area contributed by atoms with Crippen LogP contribution in [-0.2, 0) is 14.8 Å². The van der Waals surface area contributed by atoms with Gasteiger partial charge in [0.1, 0.15) is 4.90 Å². The first-order valence-corrected chi connectivity index (χ1v) is 9.21. The van der Waals surface area contributed by atoms with Gasteiger partial charge in [0.05, 0.1) is 16.8 Å². The van der Waals surface area contributed by atoms with Gasteiger partial charge in [-0.15, -0.1) is 0 Å². The van der Waals surface area contributed by atoms with Crippen LogP contribution in [0.25, 0.3) is 0 Å². The molecular formula is C16H18ClN3O3S. The molecule has 128 valence electrons. The van der Waals surface area contributed by atoms with E-state index in [2.05, 4.69) is 15.0 Å². The highest BCUT2D eigenvalue weighted by Crippen LogP contribution is 2.19. The number of rotatable bonds is 7. The highest BCUT2D eigenvalue weighted by atomic mass is 35.5. The van der Waals surface area contributed by atoms with Gasteiger partial charge in [-0.25, -0.2) is 13.1 Å². The molecule has 0 radical (unpaired) electrons. The van der Waals surface area contributed by atoms with E-state index in [-0.39, 0.29) is 34.8 Å². The van der Waals surface area contributed by atoms with Crippen molar-refractivity contribution < 1.29 is 13.2 Å². The monoisotopic (exact) mass is 367 g/mol. The molecule has 2 N–H and O–H groups in total. The largest absolute Gasteiger partial charge is 0.348 e. The van der Waals surface area contributed by atoms with E-state index < -0.39 is 10.0 Å². The van der Waals surface area contributed by atoms with Crippen molar-refractivity contribution in [1.82, 2.24) is 15.0 Å². The van der Waals surface area contributed by atoms with Crippen molar-refractivity contribution in [3.8, 4) is 0 Å². The SMILES string of the molecule is CC(NC(=O)CCNS(=O)(=O)c1ccccc1Cl)c1ccccn1. The van der Waals surface area contributed by atoms with Gasteiger partial charge in [0.25, 0.3) is 0 Å². The molecule has 0 fully saturated rings. The second-order valence-corrected chi connectivity index (χ2v) is 7.26. The van der Waals surface area contributed by atoms with Crippen molar-refractivity contribution in [3.05, 3.63) is 59.4 Å². The number of hydrogen-bond acceptors (Lipinski definition) is 4. The van der Waals surface area contributed by atoms with Gasteiger partial charge in [-0.3, -0.25) is 9.78 Å². The summed E-state index contributed by atoms with van der Waals surface area (Å²) in [6, 6.07) is 11.3. The lowest BCUT2D eigenvalue weighted by Crippen LogP contribution is -2.32. The third-order valence-corrected chi connectivity index (χ3v) is 5.24. The lowest BCUT2D eigenvalue weighted by atomic mass is 10.2. The number of nitrogens with one attached hydrogen (secondary N) is 2. The summed E-state index contributed by atoms with van der Waals surface area (Å²) in [7, 11) is -3.74. The Morgan fingerprint density at radius 2 is 1.92 bits per heavy atom. The Hall–Kier alpha value is -1.96. The number of carbonyl (C=O) groups excluding carboxylic acids is 1. The third kappa shape index (κ3) is 5.02. The van der Waals surface area contributed by atoms with Gasteiger partial charge in [0, 0.05) is 19.2 Å². The summed E-state index contributed by atoms with van der Waals surface area (Å²) < 4.78 is 26.7. The summed E-state index contributed by atoms with van der Waals surface area (Å²) in [5.41, 5.74) is 0.738. The normalized spacial score (nSPS) is 12.6. The lowest BCUT2D eigenvalue weighted by Gasteiger charge is -2.13. The highest BCUT2D eigenvalue weighted by Gasteiger charge is 2.17. The molecule has 2 rings (SSSR count). The molecule has 8 heteroatoms. The number of carbonyl (C=O) groups is 1. The predicted molar refractivity (Wildman–Crippen MR) is 92.1 cm³/mol. The summed E-state index contributed by atoms with van der Waals surface area (Å²) in [5, 5.41) is 2.91. The zero-order valence-electron chi connectivity index (χ0n) is 13.1. The van der Waals surface area contributed by atoms with E-state index in [4.69, 9.17) is 11.6 Å². The van der Waals surface area contributed by atoms with E-state index in [0.29, 0.717) is 0 Å². The van der Waals surface area contributed by atoms with Crippen LogP contribution < -0.4 is 10.0 Å². The molecule has 0 saturated heterocycles. The van der Waals surface area contributed by atoms with E-state index >= 15 is 0 Å². The fraction of sp³-hybridized carbons (Fsp3) is 0.250. The van der Waals surface area contributed by atoms with Crippen LogP contribution in [0, 0.1) is 0 Å². The summed E-state index contributed by atoms with van der Waals surface area (Å²) >= 11 is 5.88. The maximum atomic E-state index is 12.1. The Bertz CT molecular complexity index is 797. The van der Waals surface area contributed by atoms with Crippen molar-refractivity contribution >= 4 is 27.5 Å². The van der Waals surface area contributed by atoms with Crippen LogP contribution in [-0.4, -0.2) is 25.9 Å². The molecule has 1 heterocycles. The molecule has 24 heavy (non-hydrogen) atoms. The average Bonchev–Trinajstić information content (AvgIpc) is 2.55. The molecule has 6 nitrogen and oxygen atoms in total. The van der Waals surface area contributed by atoms with Gasteiger partial charge < -0.3 is 5.32 Å². The molecular weight excluding hydrogens is 350 g/mol. The molecule has 1 amide bonds. The second kappa shape index (κ2) is 8.23. The number of pyridine rings is 1. The van der Waals surface area contributed by atoms with Crippen LogP contribution in [0.1, 0.15) is 25.1 Å². The standard InChI is InChI=1S/C16H18ClN3O3S/c1-12(14-7-4-5-10-18-14)20-16(21)9-11-19-24(22,23)15-8-3-2-6-13(15)17/h2-8,10,12,19H,9,11H2,1H3,(H,20,21). The molecule has 0 spiro atoms. The third-order valence-electron chi connectivity index (χ3n) is 3.28. The van der Waals surface area contributed by atoms with Crippen LogP contribution in [0.15, 0.2) is 53.6 Å². The van der Waals surface area contributed by atoms with Gasteiger partial charge >= 0.3 is 0 Å². The lowest BCUT2D eigenvalue weighted by molar-refractivity contribution is -0.121. The first-order chi connectivity index (χ1) is 11.4. The van der Waals surface area contributed by atoms with Gasteiger partial charge in [0.15, 0.2) is 0 Å². The molecule has 1 aromatic carbocycles. The molecule has 0 aliphatic rings. The zero-order chi connectivity index (χ0) is 17.6. The molecule has 0 bridgehead atoms. The van der Waals surface area contributed by atoms with Crippen LogP contribution in [0.4, 0.5) is 0 Å². The van der Waals surface area contributed by atoms with E-state index in [1.54, 1.807) is 24.4 Å². The smallest absolute Gasteiger partial charge is 0.242 e. The first kappa shape index (κ1) is 18.4. The molecule has 0 aliphatic heterocycles. The van der Waals surface area contributed by atoms with Gasteiger partial charge in [0.2, 0.25) is 15.9 Å². The molecule has 0 saturated carbocycles. The number of nitrogens with zero attached hydrogens (tertiary/aromatic N) is 1. The number of aromatic nitrogens is 1. The van der Waals surface area contributed by atoms with E-state index in [9.17, 15) is 13.2 Å². The summed E-state index contributed by atoms with van der Waals surface area (Å²) in [6.45, 7) is 1.79. The quantitative estimate of drug-likeness (QED) is 0.785. The molecule has 1 unspecified atom stereocenters. The van der Waals surface area contributed by atoms with Crippen molar-refractivity contribution in [3.63, 3.8) is 0 Å². The van der Waals surface area contributed by atoms with E-state index in [0.717, 1.165) is 5.69 Å². The summed E-state index contributed by atoms with van der Waals surface area (Å²) in [6.07, 6.45) is 1.66. The first-order valence-electron chi connectivity index (χ1n) is 7.34.